The Morgan fingerprint density at radius 2 is 1.82 bits per heavy atom. The van der Waals surface area contributed by atoms with Crippen molar-refractivity contribution in [3.63, 3.8) is 0 Å². The summed E-state index contributed by atoms with van der Waals surface area (Å²) in [7, 11) is 0. The predicted octanol–water partition coefficient (Wildman–Crippen LogP) is 4.42. The molecule has 1 aliphatic rings. The van der Waals surface area contributed by atoms with Gasteiger partial charge >= 0.3 is 0 Å². The topological polar surface area (TPSA) is 41.1 Å². The zero-order chi connectivity index (χ0) is 15.5. The number of halogens is 1. The van der Waals surface area contributed by atoms with Gasteiger partial charge in [-0.1, -0.05) is 18.5 Å². The fourth-order valence-electron chi connectivity index (χ4n) is 2.65. The first kappa shape index (κ1) is 15.1. The predicted molar refractivity (Wildman–Crippen MR) is 92.1 cm³/mol. The molecule has 0 saturated carbocycles. The van der Waals surface area contributed by atoms with Gasteiger partial charge in [0.15, 0.2) is 0 Å². The number of hydrogen-bond acceptors (Lipinski definition) is 4. The number of anilines is 3. The van der Waals surface area contributed by atoms with Crippen LogP contribution in [0.3, 0.4) is 0 Å². The number of piperidine rings is 1. The summed E-state index contributed by atoms with van der Waals surface area (Å²) in [5, 5.41) is 4.05. The second kappa shape index (κ2) is 6.53. The molecule has 1 aliphatic heterocycles. The molecule has 1 fully saturated rings. The van der Waals surface area contributed by atoms with Gasteiger partial charge in [-0.25, -0.2) is 4.98 Å². The van der Waals surface area contributed by atoms with Crippen molar-refractivity contribution < 1.29 is 0 Å². The van der Waals surface area contributed by atoms with Crippen molar-refractivity contribution in [1.29, 1.82) is 0 Å². The molecule has 0 atom stereocenters. The molecule has 1 saturated heterocycles. The summed E-state index contributed by atoms with van der Waals surface area (Å²) in [5.74, 6) is 2.44. The molecule has 2 heterocycles. The average Bonchev–Trinajstić information content (AvgIpc) is 2.50. The maximum atomic E-state index is 5.92. The van der Waals surface area contributed by atoms with Crippen molar-refractivity contribution in [3.8, 4) is 0 Å². The Balaban J connectivity index is 1.79. The van der Waals surface area contributed by atoms with Crippen molar-refractivity contribution in [2.24, 2.45) is 5.92 Å². The lowest BCUT2D eigenvalue weighted by molar-refractivity contribution is 0.434. The molecule has 1 aromatic carbocycles. The maximum Gasteiger partial charge on any atom is 0.227 e. The third kappa shape index (κ3) is 3.69. The van der Waals surface area contributed by atoms with Crippen molar-refractivity contribution in [2.45, 2.75) is 26.7 Å². The van der Waals surface area contributed by atoms with Crippen molar-refractivity contribution in [1.82, 2.24) is 9.97 Å². The Bertz CT molecular complexity index is 634. The molecule has 0 spiro atoms. The van der Waals surface area contributed by atoms with Crippen LogP contribution >= 0.6 is 11.6 Å². The van der Waals surface area contributed by atoms with Gasteiger partial charge in [-0.2, -0.15) is 4.98 Å². The Morgan fingerprint density at radius 3 is 2.50 bits per heavy atom. The smallest absolute Gasteiger partial charge is 0.227 e. The van der Waals surface area contributed by atoms with Crippen molar-refractivity contribution in [3.05, 3.63) is 41.0 Å². The first-order valence-corrected chi connectivity index (χ1v) is 8.11. The number of aryl methyl sites for hydroxylation is 1. The van der Waals surface area contributed by atoms with E-state index in [0.717, 1.165) is 47.2 Å². The summed E-state index contributed by atoms with van der Waals surface area (Å²) in [4.78, 5) is 11.5. The van der Waals surface area contributed by atoms with Gasteiger partial charge in [0, 0.05) is 35.6 Å². The lowest BCUT2D eigenvalue weighted by Gasteiger charge is -2.30. The van der Waals surface area contributed by atoms with Crippen LogP contribution in [0.15, 0.2) is 30.3 Å². The van der Waals surface area contributed by atoms with E-state index < -0.39 is 0 Å². The van der Waals surface area contributed by atoms with Gasteiger partial charge in [0.05, 0.1) is 0 Å². The van der Waals surface area contributed by atoms with Gasteiger partial charge in [0.25, 0.3) is 0 Å². The normalized spacial score (nSPS) is 15.9. The van der Waals surface area contributed by atoms with Crippen molar-refractivity contribution >= 4 is 29.1 Å². The molecule has 22 heavy (non-hydrogen) atoms. The largest absolute Gasteiger partial charge is 0.341 e. The van der Waals surface area contributed by atoms with Gasteiger partial charge in [-0.3, -0.25) is 0 Å². The fourth-order valence-corrected chi connectivity index (χ4v) is 2.77. The van der Waals surface area contributed by atoms with Crippen LogP contribution in [0.25, 0.3) is 0 Å². The first-order chi connectivity index (χ1) is 10.6. The number of aromatic nitrogens is 2. The summed E-state index contributed by atoms with van der Waals surface area (Å²) in [6.07, 6.45) is 2.41. The van der Waals surface area contributed by atoms with E-state index in [1.807, 2.05) is 37.3 Å². The molecule has 0 bridgehead atoms. The van der Waals surface area contributed by atoms with Crippen LogP contribution in [0.1, 0.15) is 25.5 Å². The standard InChI is InChI=1S/C17H21ClN4/c1-12-7-9-22(10-8-12)17-19-13(2)11-16(21-17)20-15-5-3-14(18)4-6-15/h3-6,11-12H,7-10H2,1-2H3,(H,19,20,21). The highest BCUT2D eigenvalue weighted by molar-refractivity contribution is 6.30. The van der Waals surface area contributed by atoms with Crippen molar-refractivity contribution in [2.75, 3.05) is 23.3 Å². The molecule has 2 aromatic rings. The van der Waals surface area contributed by atoms with E-state index >= 15 is 0 Å². The van der Waals surface area contributed by atoms with E-state index in [0.29, 0.717) is 0 Å². The molecule has 0 unspecified atom stereocenters. The molecule has 4 nitrogen and oxygen atoms in total. The molecule has 0 amide bonds. The van der Waals surface area contributed by atoms with E-state index in [4.69, 9.17) is 11.6 Å². The summed E-state index contributed by atoms with van der Waals surface area (Å²) >= 11 is 5.92. The van der Waals surface area contributed by atoms with Crippen LogP contribution in [-0.4, -0.2) is 23.1 Å². The molecule has 116 valence electrons. The molecule has 0 aliphatic carbocycles. The molecule has 1 N–H and O–H groups in total. The van der Waals surface area contributed by atoms with Crippen LogP contribution in [0.2, 0.25) is 5.02 Å². The monoisotopic (exact) mass is 316 g/mol. The zero-order valence-corrected chi connectivity index (χ0v) is 13.8. The first-order valence-electron chi connectivity index (χ1n) is 7.73. The number of nitrogens with one attached hydrogen (secondary N) is 1. The lowest BCUT2D eigenvalue weighted by Crippen LogP contribution is -2.34. The number of benzene rings is 1. The van der Waals surface area contributed by atoms with Gasteiger partial charge in [0.2, 0.25) is 5.95 Å². The van der Waals surface area contributed by atoms with Crippen LogP contribution < -0.4 is 10.2 Å². The average molecular weight is 317 g/mol. The molecular weight excluding hydrogens is 296 g/mol. The minimum absolute atomic E-state index is 0.729. The van der Waals surface area contributed by atoms with Crippen LogP contribution in [-0.2, 0) is 0 Å². The van der Waals surface area contributed by atoms with Crippen LogP contribution in [0.5, 0.6) is 0 Å². The second-order valence-electron chi connectivity index (χ2n) is 6.00. The van der Waals surface area contributed by atoms with E-state index in [-0.39, 0.29) is 0 Å². The number of hydrogen-bond donors (Lipinski definition) is 1. The van der Waals surface area contributed by atoms with E-state index in [2.05, 4.69) is 27.1 Å². The summed E-state index contributed by atoms with van der Waals surface area (Å²) in [6.45, 7) is 6.38. The van der Waals surface area contributed by atoms with E-state index in [1.54, 1.807) is 0 Å². The van der Waals surface area contributed by atoms with Gasteiger partial charge < -0.3 is 10.2 Å². The zero-order valence-electron chi connectivity index (χ0n) is 13.0. The minimum atomic E-state index is 0.729. The highest BCUT2D eigenvalue weighted by Crippen LogP contribution is 2.23. The maximum absolute atomic E-state index is 5.92. The third-order valence-corrected chi connectivity index (χ3v) is 4.28. The third-order valence-electron chi connectivity index (χ3n) is 4.03. The van der Waals surface area contributed by atoms with Crippen LogP contribution in [0.4, 0.5) is 17.5 Å². The number of rotatable bonds is 3. The fraction of sp³-hybridized carbons (Fsp3) is 0.412. The Kier molecular flexibility index (Phi) is 4.48. The molecule has 0 radical (unpaired) electrons. The summed E-state index contributed by atoms with van der Waals surface area (Å²) in [5.41, 5.74) is 1.95. The van der Waals surface area contributed by atoms with Gasteiger partial charge in [-0.05, 0) is 49.9 Å². The molecule has 1 aromatic heterocycles. The molecular formula is C17H21ClN4. The molecule has 5 heteroatoms. The highest BCUT2D eigenvalue weighted by atomic mass is 35.5. The SMILES string of the molecule is Cc1cc(Nc2ccc(Cl)cc2)nc(N2CCC(C)CC2)n1. The summed E-state index contributed by atoms with van der Waals surface area (Å²) < 4.78 is 0. The Labute approximate surface area is 136 Å². The van der Waals surface area contributed by atoms with Gasteiger partial charge in [-0.15, -0.1) is 0 Å². The Morgan fingerprint density at radius 1 is 1.14 bits per heavy atom. The van der Waals surface area contributed by atoms with Crippen LogP contribution in [0, 0.1) is 12.8 Å². The molecule has 3 rings (SSSR count). The quantitative estimate of drug-likeness (QED) is 0.910. The van der Waals surface area contributed by atoms with E-state index in [9.17, 15) is 0 Å². The lowest BCUT2D eigenvalue weighted by atomic mass is 10.00. The number of nitrogens with zero attached hydrogens (tertiary/aromatic N) is 3. The van der Waals surface area contributed by atoms with E-state index in [1.165, 1.54) is 12.8 Å². The summed E-state index contributed by atoms with van der Waals surface area (Å²) in [6, 6.07) is 9.59. The highest BCUT2D eigenvalue weighted by Gasteiger charge is 2.18. The minimum Gasteiger partial charge on any atom is -0.341 e. The van der Waals surface area contributed by atoms with Gasteiger partial charge in [0.1, 0.15) is 5.82 Å². The second-order valence-corrected chi connectivity index (χ2v) is 6.43. The Hall–Kier alpha value is -1.81.